The summed E-state index contributed by atoms with van der Waals surface area (Å²) in [7, 11) is 3.11. The second kappa shape index (κ2) is 7.13. The number of methoxy groups -OCH3 is 2. The molecule has 21 heavy (non-hydrogen) atoms. The molecule has 1 atom stereocenters. The fourth-order valence-corrected chi connectivity index (χ4v) is 3.16. The molecule has 6 heteroatoms. The van der Waals surface area contributed by atoms with Gasteiger partial charge in [-0.05, 0) is 46.8 Å². The molecule has 1 aromatic rings. The van der Waals surface area contributed by atoms with Gasteiger partial charge in [-0.1, -0.05) is 0 Å². The fraction of sp³-hybridized carbons (Fsp3) is 0.533. The van der Waals surface area contributed by atoms with Crippen LogP contribution in [-0.4, -0.2) is 49.8 Å². The van der Waals surface area contributed by atoms with Gasteiger partial charge in [0.2, 0.25) is 0 Å². The standard InChI is InChI=1S/C15H20BrNO4/c1-20-12-7-11(8-13(21-2)14(12)16)15(19)17-5-3-10(9-17)4-6-18/h7-8,10,18H,3-6,9H2,1-2H3. The summed E-state index contributed by atoms with van der Waals surface area (Å²) in [5.41, 5.74) is 0.552. The number of amides is 1. The van der Waals surface area contributed by atoms with Crippen LogP contribution in [0.1, 0.15) is 23.2 Å². The van der Waals surface area contributed by atoms with Crippen molar-refractivity contribution in [3.8, 4) is 11.5 Å². The van der Waals surface area contributed by atoms with Crippen molar-refractivity contribution in [1.82, 2.24) is 4.90 Å². The van der Waals surface area contributed by atoms with E-state index in [1.54, 1.807) is 26.4 Å². The zero-order chi connectivity index (χ0) is 15.4. The number of hydrogen-bond donors (Lipinski definition) is 1. The van der Waals surface area contributed by atoms with Gasteiger partial charge < -0.3 is 19.5 Å². The zero-order valence-corrected chi connectivity index (χ0v) is 13.9. The Labute approximate surface area is 133 Å². The molecule has 1 unspecified atom stereocenters. The molecule has 1 amide bonds. The van der Waals surface area contributed by atoms with E-state index in [1.165, 1.54) is 0 Å². The Kier molecular flexibility index (Phi) is 5.47. The highest BCUT2D eigenvalue weighted by molar-refractivity contribution is 9.10. The van der Waals surface area contributed by atoms with Crippen molar-refractivity contribution < 1.29 is 19.4 Å². The highest BCUT2D eigenvalue weighted by Crippen LogP contribution is 2.36. The van der Waals surface area contributed by atoms with Gasteiger partial charge in [-0.15, -0.1) is 0 Å². The first kappa shape index (κ1) is 16.1. The monoisotopic (exact) mass is 357 g/mol. The lowest BCUT2D eigenvalue weighted by Crippen LogP contribution is -2.28. The maximum atomic E-state index is 12.6. The van der Waals surface area contributed by atoms with Crippen LogP contribution in [0.2, 0.25) is 0 Å². The SMILES string of the molecule is COc1cc(C(=O)N2CCC(CCO)C2)cc(OC)c1Br. The van der Waals surface area contributed by atoms with E-state index in [-0.39, 0.29) is 12.5 Å². The summed E-state index contributed by atoms with van der Waals surface area (Å²) in [6, 6.07) is 3.43. The molecule has 0 radical (unpaired) electrons. The van der Waals surface area contributed by atoms with E-state index in [9.17, 15) is 4.79 Å². The summed E-state index contributed by atoms with van der Waals surface area (Å²) < 4.78 is 11.2. The molecule has 1 aromatic carbocycles. The predicted molar refractivity (Wildman–Crippen MR) is 83.0 cm³/mol. The fourth-order valence-electron chi connectivity index (χ4n) is 2.61. The lowest BCUT2D eigenvalue weighted by atomic mass is 10.1. The zero-order valence-electron chi connectivity index (χ0n) is 12.3. The van der Waals surface area contributed by atoms with Crippen LogP contribution in [-0.2, 0) is 0 Å². The van der Waals surface area contributed by atoms with Crippen molar-refractivity contribution >= 4 is 21.8 Å². The molecule has 5 nitrogen and oxygen atoms in total. The molecular formula is C15H20BrNO4. The maximum Gasteiger partial charge on any atom is 0.254 e. The van der Waals surface area contributed by atoms with E-state index in [0.29, 0.717) is 34.0 Å². The first-order valence-electron chi connectivity index (χ1n) is 6.92. The first-order valence-corrected chi connectivity index (χ1v) is 7.71. The number of hydrogen-bond acceptors (Lipinski definition) is 4. The number of rotatable bonds is 5. The van der Waals surface area contributed by atoms with Crippen LogP contribution in [0.5, 0.6) is 11.5 Å². The topological polar surface area (TPSA) is 59.0 Å². The molecule has 0 saturated carbocycles. The van der Waals surface area contributed by atoms with Crippen molar-refractivity contribution in [2.45, 2.75) is 12.8 Å². The number of halogens is 1. The summed E-state index contributed by atoms with van der Waals surface area (Å²) in [5.74, 6) is 1.50. The molecular weight excluding hydrogens is 338 g/mol. The third kappa shape index (κ3) is 3.49. The Morgan fingerprint density at radius 1 is 1.38 bits per heavy atom. The van der Waals surface area contributed by atoms with Crippen LogP contribution in [0.25, 0.3) is 0 Å². The van der Waals surface area contributed by atoms with E-state index in [2.05, 4.69) is 15.9 Å². The van der Waals surface area contributed by atoms with E-state index < -0.39 is 0 Å². The molecule has 1 aliphatic rings. The molecule has 1 N–H and O–H groups in total. The minimum absolute atomic E-state index is 0.0282. The summed E-state index contributed by atoms with van der Waals surface area (Å²) in [6.45, 7) is 1.59. The molecule has 1 aliphatic heterocycles. The predicted octanol–water partition coefficient (Wildman–Crippen LogP) is 2.31. The van der Waals surface area contributed by atoms with Gasteiger partial charge in [-0.25, -0.2) is 0 Å². The number of likely N-dealkylation sites (tertiary alicyclic amines) is 1. The smallest absolute Gasteiger partial charge is 0.254 e. The Morgan fingerprint density at radius 3 is 2.52 bits per heavy atom. The van der Waals surface area contributed by atoms with Gasteiger partial charge in [0, 0.05) is 25.3 Å². The van der Waals surface area contributed by atoms with Crippen LogP contribution < -0.4 is 9.47 Å². The summed E-state index contributed by atoms with van der Waals surface area (Å²) in [4.78, 5) is 14.4. The lowest BCUT2D eigenvalue weighted by Gasteiger charge is -2.18. The number of carbonyl (C=O) groups excluding carboxylic acids is 1. The largest absolute Gasteiger partial charge is 0.495 e. The second-order valence-corrected chi connectivity index (χ2v) is 5.91. The highest BCUT2D eigenvalue weighted by atomic mass is 79.9. The molecule has 116 valence electrons. The van der Waals surface area contributed by atoms with E-state index in [4.69, 9.17) is 14.6 Å². The van der Waals surface area contributed by atoms with E-state index in [1.807, 2.05) is 4.90 Å². The molecule has 0 aromatic heterocycles. The van der Waals surface area contributed by atoms with Gasteiger partial charge in [0.1, 0.15) is 16.0 Å². The Morgan fingerprint density at radius 2 is 2.00 bits per heavy atom. The molecule has 2 rings (SSSR count). The summed E-state index contributed by atoms with van der Waals surface area (Å²) in [6.07, 6.45) is 1.69. The van der Waals surface area contributed by atoms with Crippen LogP contribution in [0.4, 0.5) is 0 Å². The van der Waals surface area contributed by atoms with Gasteiger partial charge in [-0.2, -0.15) is 0 Å². The van der Waals surface area contributed by atoms with Gasteiger partial charge in [0.15, 0.2) is 0 Å². The minimum Gasteiger partial charge on any atom is -0.495 e. The van der Waals surface area contributed by atoms with Crippen molar-refractivity contribution in [1.29, 1.82) is 0 Å². The van der Waals surface area contributed by atoms with Gasteiger partial charge in [0.05, 0.1) is 14.2 Å². The third-order valence-electron chi connectivity index (χ3n) is 3.80. The van der Waals surface area contributed by atoms with Crippen molar-refractivity contribution in [2.75, 3.05) is 33.9 Å². The average Bonchev–Trinajstić information content (AvgIpc) is 2.95. The van der Waals surface area contributed by atoms with Crippen LogP contribution in [0.15, 0.2) is 16.6 Å². The Hall–Kier alpha value is -1.27. The van der Waals surface area contributed by atoms with Crippen LogP contribution >= 0.6 is 15.9 Å². The van der Waals surface area contributed by atoms with Crippen molar-refractivity contribution in [3.05, 3.63) is 22.2 Å². The number of nitrogens with zero attached hydrogens (tertiary/aromatic N) is 1. The molecule has 1 fully saturated rings. The van der Waals surface area contributed by atoms with Crippen molar-refractivity contribution in [2.24, 2.45) is 5.92 Å². The van der Waals surface area contributed by atoms with Gasteiger partial charge >= 0.3 is 0 Å². The summed E-state index contributed by atoms with van der Waals surface area (Å²) in [5, 5.41) is 8.99. The summed E-state index contributed by atoms with van der Waals surface area (Å²) >= 11 is 3.40. The van der Waals surface area contributed by atoms with E-state index >= 15 is 0 Å². The lowest BCUT2D eigenvalue weighted by molar-refractivity contribution is 0.0784. The first-order chi connectivity index (χ1) is 10.1. The molecule has 1 saturated heterocycles. The number of benzene rings is 1. The second-order valence-electron chi connectivity index (χ2n) is 5.11. The number of aliphatic hydroxyl groups is 1. The molecule has 0 bridgehead atoms. The molecule has 0 aliphatic carbocycles. The van der Waals surface area contributed by atoms with Gasteiger partial charge in [0.25, 0.3) is 5.91 Å². The quantitative estimate of drug-likeness (QED) is 0.878. The highest BCUT2D eigenvalue weighted by Gasteiger charge is 2.27. The van der Waals surface area contributed by atoms with Crippen molar-refractivity contribution in [3.63, 3.8) is 0 Å². The Bertz CT molecular complexity index is 495. The normalized spacial score (nSPS) is 17.9. The third-order valence-corrected chi connectivity index (χ3v) is 4.58. The average molecular weight is 358 g/mol. The maximum absolute atomic E-state index is 12.6. The van der Waals surface area contributed by atoms with Crippen LogP contribution in [0.3, 0.4) is 0 Å². The van der Waals surface area contributed by atoms with Crippen LogP contribution in [0, 0.1) is 5.92 Å². The Balaban J connectivity index is 2.20. The van der Waals surface area contributed by atoms with Gasteiger partial charge in [-0.3, -0.25) is 4.79 Å². The molecule has 1 heterocycles. The molecule has 0 spiro atoms. The number of ether oxygens (including phenoxy) is 2. The minimum atomic E-state index is -0.0282. The number of carbonyl (C=O) groups is 1. The number of aliphatic hydroxyl groups excluding tert-OH is 1. The van der Waals surface area contributed by atoms with E-state index in [0.717, 1.165) is 19.4 Å².